The second-order valence-electron chi connectivity index (χ2n) is 7.26. The Kier molecular flexibility index (Phi) is 5.64. The van der Waals surface area contributed by atoms with E-state index < -0.39 is 21.6 Å². The summed E-state index contributed by atoms with van der Waals surface area (Å²) >= 11 is 5.99. The number of carbonyl (C=O) groups excluding carboxylic acids is 1. The summed E-state index contributed by atoms with van der Waals surface area (Å²) in [5, 5.41) is 4.72. The van der Waals surface area contributed by atoms with Crippen molar-refractivity contribution in [3.05, 3.63) is 100.0 Å². The summed E-state index contributed by atoms with van der Waals surface area (Å²) in [6.45, 7) is 1.85. The molecular formula is C23H18ClFN2O3S. The molecule has 0 aliphatic carbocycles. The number of Topliss-reactive ketones (excluding diaryl/α,β-unsaturated/α-hetero) is 1. The molecule has 1 heterocycles. The van der Waals surface area contributed by atoms with Gasteiger partial charge >= 0.3 is 0 Å². The minimum Gasteiger partial charge on any atom is -0.294 e. The van der Waals surface area contributed by atoms with Crippen molar-refractivity contribution in [2.75, 3.05) is 0 Å². The summed E-state index contributed by atoms with van der Waals surface area (Å²) < 4.78 is 41.1. The van der Waals surface area contributed by atoms with E-state index in [0.717, 1.165) is 9.65 Å². The molecule has 4 aromatic rings. The largest absolute Gasteiger partial charge is 0.294 e. The van der Waals surface area contributed by atoms with Crippen molar-refractivity contribution in [2.45, 2.75) is 19.1 Å². The van der Waals surface area contributed by atoms with E-state index in [1.54, 1.807) is 30.3 Å². The highest BCUT2D eigenvalue weighted by Gasteiger charge is 2.21. The van der Waals surface area contributed by atoms with E-state index in [1.807, 2.05) is 19.1 Å². The Morgan fingerprint density at radius 1 is 1.10 bits per heavy atom. The SMILES string of the molecule is Cc1ccccc1CS(=O)(=O)n1ncc2ccc(CC(=O)c3c(F)cccc3Cl)cc21. The molecule has 31 heavy (non-hydrogen) atoms. The molecule has 0 saturated heterocycles. The predicted molar refractivity (Wildman–Crippen MR) is 118 cm³/mol. The number of carbonyl (C=O) groups is 1. The lowest BCUT2D eigenvalue weighted by molar-refractivity contribution is 0.0989. The topological polar surface area (TPSA) is 69.0 Å². The second kappa shape index (κ2) is 8.24. The molecular weight excluding hydrogens is 439 g/mol. The van der Waals surface area contributed by atoms with Gasteiger partial charge in [0.05, 0.1) is 28.1 Å². The molecule has 0 fully saturated rings. The highest BCUT2D eigenvalue weighted by atomic mass is 35.5. The van der Waals surface area contributed by atoms with Gasteiger partial charge in [0.15, 0.2) is 5.78 Å². The van der Waals surface area contributed by atoms with Crippen LogP contribution in [0.1, 0.15) is 27.0 Å². The summed E-state index contributed by atoms with van der Waals surface area (Å²) in [4.78, 5) is 12.6. The Morgan fingerprint density at radius 3 is 2.61 bits per heavy atom. The van der Waals surface area contributed by atoms with Crippen LogP contribution < -0.4 is 0 Å². The summed E-state index contributed by atoms with van der Waals surface area (Å²) in [6.07, 6.45) is 1.34. The number of hydrogen-bond donors (Lipinski definition) is 0. The first-order chi connectivity index (χ1) is 14.8. The van der Waals surface area contributed by atoms with Crippen LogP contribution in [0.25, 0.3) is 10.9 Å². The molecule has 8 heteroatoms. The Labute approximate surface area is 184 Å². The number of nitrogens with zero attached hydrogens (tertiary/aromatic N) is 2. The van der Waals surface area contributed by atoms with Gasteiger partial charge in [-0.15, -0.1) is 0 Å². The van der Waals surface area contributed by atoms with Crippen LogP contribution in [0.3, 0.4) is 0 Å². The van der Waals surface area contributed by atoms with Gasteiger partial charge in [0, 0.05) is 11.8 Å². The van der Waals surface area contributed by atoms with Gasteiger partial charge in [0.25, 0.3) is 10.0 Å². The summed E-state index contributed by atoms with van der Waals surface area (Å²) in [5.41, 5.74) is 2.27. The second-order valence-corrected chi connectivity index (χ2v) is 9.47. The smallest absolute Gasteiger partial charge is 0.258 e. The van der Waals surface area contributed by atoms with Gasteiger partial charge in [0.2, 0.25) is 0 Å². The van der Waals surface area contributed by atoms with Gasteiger partial charge in [-0.05, 0) is 41.8 Å². The van der Waals surface area contributed by atoms with Crippen molar-refractivity contribution in [1.82, 2.24) is 9.19 Å². The van der Waals surface area contributed by atoms with Crippen LogP contribution in [0.5, 0.6) is 0 Å². The molecule has 0 unspecified atom stereocenters. The van der Waals surface area contributed by atoms with E-state index >= 15 is 0 Å². The number of benzene rings is 3. The number of ketones is 1. The molecule has 0 radical (unpaired) electrons. The molecule has 0 bridgehead atoms. The lowest BCUT2D eigenvalue weighted by Gasteiger charge is -2.09. The average Bonchev–Trinajstić information content (AvgIpc) is 3.14. The molecule has 1 aromatic heterocycles. The summed E-state index contributed by atoms with van der Waals surface area (Å²) in [7, 11) is -3.79. The molecule has 0 N–H and O–H groups in total. The predicted octanol–water partition coefficient (Wildman–Crippen LogP) is 4.94. The molecule has 5 nitrogen and oxygen atoms in total. The van der Waals surface area contributed by atoms with E-state index in [-0.39, 0.29) is 22.8 Å². The molecule has 0 aliphatic heterocycles. The first-order valence-electron chi connectivity index (χ1n) is 9.48. The van der Waals surface area contributed by atoms with Gasteiger partial charge in [-0.2, -0.15) is 9.19 Å². The minimum atomic E-state index is -3.79. The van der Waals surface area contributed by atoms with Crippen LogP contribution in [0, 0.1) is 12.7 Å². The number of hydrogen-bond acceptors (Lipinski definition) is 4. The first kappa shape index (κ1) is 21.2. The van der Waals surface area contributed by atoms with Crippen LogP contribution in [-0.4, -0.2) is 23.4 Å². The molecule has 4 rings (SSSR count). The normalized spacial score (nSPS) is 11.7. The zero-order chi connectivity index (χ0) is 22.2. The maximum absolute atomic E-state index is 14.1. The standard InChI is InChI=1S/C23H18ClFN2O3S/c1-15-5-2-3-6-18(15)14-31(29,30)27-21-11-16(9-10-17(21)13-26-27)12-22(28)23-19(24)7-4-8-20(23)25/h2-11,13H,12,14H2,1H3. The van der Waals surface area contributed by atoms with Gasteiger partial charge in [0.1, 0.15) is 5.82 Å². The fourth-order valence-electron chi connectivity index (χ4n) is 3.44. The Hall–Kier alpha value is -3.03. The monoisotopic (exact) mass is 456 g/mol. The van der Waals surface area contributed by atoms with Crippen LogP contribution in [0.4, 0.5) is 4.39 Å². The molecule has 0 atom stereocenters. The number of aromatic nitrogens is 2. The molecule has 0 saturated carbocycles. The zero-order valence-corrected chi connectivity index (χ0v) is 18.1. The van der Waals surface area contributed by atoms with Gasteiger partial charge < -0.3 is 0 Å². The molecule has 0 amide bonds. The number of fused-ring (bicyclic) bond motifs is 1. The van der Waals surface area contributed by atoms with Gasteiger partial charge in [-0.1, -0.05) is 54.1 Å². The Bertz CT molecular complexity index is 1390. The number of rotatable bonds is 6. The molecule has 3 aromatic carbocycles. The minimum absolute atomic E-state index is 0.0388. The maximum Gasteiger partial charge on any atom is 0.258 e. The van der Waals surface area contributed by atoms with E-state index in [1.165, 1.54) is 24.4 Å². The van der Waals surface area contributed by atoms with Crippen molar-refractivity contribution >= 4 is 38.3 Å². The number of halogens is 2. The Morgan fingerprint density at radius 2 is 1.87 bits per heavy atom. The highest BCUT2D eigenvalue weighted by Crippen LogP contribution is 2.24. The lowest BCUT2D eigenvalue weighted by Crippen LogP contribution is -2.17. The van der Waals surface area contributed by atoms with Crippen LogP contribution in [0.2, 0.25) is 5.02 Å². The molecule has 0 aliphatic rings. The van der Waals surface area contributed by atoms with Crippen molar-refractivity contribution in [1.29, 1.82) is 0 Å². The quantitative estimate of drug-likeness (QED) is 0.385. The van der Waals surface area contributed by atoms with Crippen LogP contribution >= 0.6 is 11.6 Å². The third-order valence-electron chi connectivity index (χ3n) is 5.07. The number of aryl methyl sites for hydroxylation is 1. The third kappa shape index (κ3) is 4.24. The van der Waals surface area contributed by atoms with E-state index in [9.17, 15) is 17.6 Å². The molecule has 158 valence electrons. The summed E-state index contributed by atoms with van der Waals surface area (Å²) in [6, 6.07) is 16.3. The van der Waals surface area contributed by atoms with Crippen molar-refractivity contribution in [3.8, 4) is 0 Å². The van der Waals surface area contributed by atoms with Crippen molar-refractivity contribution < 1.29 is 17.6 Å². The van der Waals surface area contributed by atoms with Crippen LogP contribution in [0.15, 0.2) is 66.9 Å². The van der Waals surface area contributed by atoms with Crippen molar-refractivity contribution in [2.24, 2.45) is 0 Å². The highest BCUT2D eigenvalue weighted by molar-refractivity contribution is 7.89. The van der Waals surface area contributed by atoms with E-state index in [2.05, 4.69) is 5.10 Å². The Balaban J connectivity index is 1.68. The lowest BCUT2D eigenvalue weighted by atomic mass is 10.0. The van der Waals surface area contributed by atoms with Crippen molar-refractivity contribution in [3.63, 3.8) is 0 Å². The first-order valence-corrected chi connectivity index (χ1v) is 11.5. The van der Waals surface area contributed by atoms with Gasteiger partial charge in [-0.25, -0.2) is 12.8 Å². The third-order valence-corrected chi connectivity index (χ3v) is 6.88. The molecule has 0 spiro atoms. The zero-order valence-electron chi connectivity index (χ0n) is 16.5. The average molecular weight is 457 g/mol. The van der Waals surface area contributed by atoms with E-state index in [4.69, 9.17) is 11.6 Å². The maximum atomic E-state index is 14.1. The van der Waals surface area contributed by atoms with E-state index in [0.29, 0.717) is 22.0 Å². The fraction of sp³-hybridized carbons (Fsp3) is 0.130. The fourth-order valence-corrected chi connectivity index (χ4v) is 5.20. The van der Waals surface area contributed by atoms with Gasteiger partial charge in [-0.3, -0.25) is 4.79 Å². The van der Waals surface area contributed by atoms with Crippen LogP contribution in [-0.2, 0) is 22.2 Å². The summed E-state index contributed by atoms with van der Waals surface area (Å²) in [5.74, 6) is -1.38.